The number of hydrogen-bond donors (Lipinski definition) is 2. The highest BCUT2D eigenvalue weighted by Crippen LogP contribution is 2.37. The standard InChI is InChI=1S/C52H60F3N11O4/c1-32(43-27-40-39(14-19-57-48(40)60(43)2)38-9-12-46(56)58-28-38)63-22-17-36(18-23-63)35-5-7-37(8-6-35)50(69)64-20-15-33(16-21-64)30-65-25-24-62(31-45(65)52(53,54)55)29-34-4-10-41-44(26-34)61(3)51(70)66(41)42-11-13-47(67)59-49(42)68/h4-10,12,14,19,26-28,32-33,36,42,45H,11,13,15-18,20-25,29-31H2,1-3H3,(H2,56,58)(H,59,67,68)/t32-,42?,45-/m0/s1. The van der Waals surface area contributed by atoms with Crippen molar-refractivity contribution in [2.75, 3.05) is 58.1 Å². The quantitative estimate of drug-likeness (QED) is 0.147. The molecular weight excluding hydrogens is 900 g/mol. The van der Waals surface area contributed by atoms with Gasteiger partial charge in [-0.25, -0.2) is 14.8 Å². The van der Waals surface area contributed by atoms with E-state index in [1.165, 1.54) is 20.4 Å². The monoisotopic (exact) mass is 959 g/mol. The van der Waals surface area contributed by atoms with Gasteiger partial charge >= 0.3 is 11.9 Å². The third-order valence-electron chi connectivity index (χ3n) is 15.6. The number of aromatic nitrogens is 5. The van der Waals surface area contributed by atoms with Crippen LogP contribution in [0, 0.1) is 5.92 Å². The molecule has 1 unspecified atom stereocenters. The molecule has 6 aromatic rings. The number of pyridine rings is 2. The van der Waals surface area contributed by atoms with Gasteiger partial charge in [-0.1, -0.05) is 18.2 Å². The molecule has 8 heterocycles. The third kappa shape index (κ3) is 9.23. The van der Waals surface area contributed by atoms with E-state index < -0.39 is 29.9 Å². The number of aryl methyl sites for hydroxylation is 2. The Kier molecular flexibility index (Phi) is 12.9. The van der Waals surface area contributed by atoms with Gasteiger partial charge in [0.15, 0.2) is 0 Å². The molecule has 3 N–H and O–H groups in total. The van der Waals surface area contributed by atoms with Crippen molar-refractivity contribution in [1.29, 1.82) is 0 Å². The number of rotatable bonds is 10. The number of anilines is 1. The second-order valence-electron chi connectivity index (χ2n) is 19.8. The molecule has 368 valence electrons. The molecule has 0 saturated carbocycles. The minimum Gasteiger partial charge on any atom is -0.384 e. The summed E-state index contributed by atoms with van der Waals surface area (Å²) in [5, 5.41) is 3.39. The number of likely N-dealkylation sites (tertiary alicyclic amines) is 2. The topological polar surface area (TPSA) is 160 Å². The van der Waals surface area contributed by atoms with Gasteiger partial charge < -0.3 is 15.2 Å². The summed E-state index contributed by atoms with van der Waals surface area (Å²) < 4.78 is 49.1. The first-order valence-corrected chi connectivity index (χ1v) is 24.5. The molecule has 4 aliphatic heterocycles. The molecule has 0 aliphatic carbocycles. The Morgan fingerprint density at radius 3 is 2.30 bits per heavy atom. The summed E-state index contributed by atoms with van der Waals surface area (Å²) >= 11 is 0. The van der Waals surface area contributed by atoms with Crippen LogP contribution in [0.2, 0.25) is 0 Å². The van der Waals surface area contributed by atoms with Crippen molar-refractivity contribution in [3.05, 3.63) is 112 Å². The normalized spacial score (nSPS) is 21.2. The number of amides is 3. The number of halogens is 3. The molecule has 4 saturated heterocycles. The fourth-order valence-electron chi connectivity index (χ4n) is 11.5. The maximum Gasteiger partial charge on any atom is 0.405 e. The highest BCUT2D eigenvalue weighted by molar-refractivity contribution is 6.00. The van der Waals surface area contributed by atoms with Gasteiger partial charge in [0.25, 0.3) is 5.91 Å². The lowest BCUT2D eigenvalue weighted by atomic mass is 9.88. The predicted octanol–water partition coefficient (Wildman–Crippen LogP) is 6.39. The SMILES string of the molecule is C[C@@H](c1cc2c(-c3ccc(N)nc3)ccnc2n1C)N1CCC(c2ccc(C(=O)N3CCC(CN4CCN(Cc5ccc6c(c5)n(C)c(=O)n6C5CCC(=O)NC5=O)C[C@H]4C(F)(F)F)CC3)cc2)CC1. The van der Waals surface area contributed by atoms with Gasteiger partial charge in [-0.15, -0.1) is 0 Å². The molecule has 2 aromatic carbocycles. The van der Waals surface area contributed by atoms with Crippen LogP contribution in [-0.4, -0.2) is 126 Å². The van der Waals surface area contributed by atoms with Gasteiger partial charge in [-0.05, 0) is 129 Å². The number of imidazole rings is 1. The van der Waals surface area contributed by atoms with Gasteiger partial charge in [0.05, 0.1) is 11.0 Å². The maximum absolute atomic E-state index is 14.7. The number of carbonyl (C=O) groups is 3. The minimum absolute atomic E-state index is 0.0375. The highest BCUT2D eigenvalue weighted by Gasteiger charge is 2.47. The van der Waals surface area contributed by atoms with Gasteiger partial charge in [-0.3, -0.25) is 43.5 Å². The average Bonchev–Trinajstić information content (AvgIpc) is 3.82. The Morgan fingerprint density at radius 1 is 0.843 bits per heavy atom. The van der Waals surface area contributed by atoms with Crippen molar-refractivity contribution in [2.24, 2.45) is 20.0 Å². The molecule has 15 nitrogen and oxygen atoms in total. The summed E-state index contributed by atoms with van der Waals surface area (Å²) in [7, 11) is 3.68. The first-order valence-electron chi connectivity index (χ1n) is 24.5. The van der Waals surface area contributed by atoms with Gasteiger partial charge in [0, 0.05) is 107 Å². The lowest BCUT2D eigenvalue weighted by molar-refractivity contribution is -0.199. The largest absolute Gasteiger partial charge is 0.405 e. The van der Waals surface area contributed by atoms with E-state index >= 15 is 0 Å². The summed E-state index contributed by atoms with van der Waals surface area (Å²) in [5.41, 5.74) is 13.4. The third-order valence-corrected chi connectivity index (χ3v) is 15.6. The van der Waals surface area contributed by atoms with Gasteiger partial charge in [-0.2, -0.15) is 13.2 Å². The fourth-order valence-corrected chi connectivity index (χ4v) is 11.5. The number of piperazine rings is 1. The van der Waals surface area contributed by atoms with Gasteiger partial charge in [0.1, 0.15) is 23.5 Å². The Bertz CT molecular complexity index is 2980. The number of imide groups is 1. The smallest absolute Gasteiger partial charge is 0.384 e. The number of nitrogen functional groups attached to an aromatic ring is 1. The van der Waals surface area contributed by atoms with Crippen LogP contribution in [0.15, 0.2) is 83.9 Å². The van der Waals surface area contributed by atoms with E-state index in [1.807, 2.05) is 46.3 Å². The molecule has 70 heavy (non-hydrogen) atoms. The molecule has 0 spiro atoms. The molecule has 4 fully saturated rings. The van der Waals surface area contributed by atoms with E-state index in [-0.39, 0.29) is 56.3 Å². The predicted molar refractivity (Wildman–Crippen MR) is 261 cm³/mol. The van der Waals surface area contributed by atoms with Crippen molar-refractivity contribution in [2.45, 2.75) is 82.2 Å². The zero-order valence-corrected chi connectivity index (χ0v) is 39.9. The number of fused-ring (bicyclic) bond motifs is 2. The zero-order valence-electron chi connectivity index (χ0n) is 39.9. The number of piperidine rings is 3. The maximum atomic E-state index is 14.7. The molecule has 3 amide bonds. The zero-order chi connectivity index (χ0) is 49.0. The number of nitrogens with one attached hydrogen (secondary N) is 1. The molecule has 4 aliphatic rings. The first-order chi connectivity index (χ1) is 33.6. The van der Waals surface area contributed by atoms with E-state index in [9.17, 15) is 32.3 Å². The minimum atomic E-state index is -4.43. The van der Waals surface area contributed by atoms with Crippen LogP contribution in [0.1, 0.15) is 90.6 Å². The Balaban J connectivity index is 0.705. The van der Waals surface area contributed by atoms with Crippen LogP contribution < -0.4 is 16.7 Å². The summed E-state index contributed by atoms with van der Waals surface area (Å²) in [4.78, 5) is 68.1. The molecule has 3 atom stereocenters. The summed E-state index contributed by atoms with van der Waals surface area (Å²) in [6.07, 6.45) is 2.84. The van der Waals surface area contributed by atoms with Crippen molar-refractivity contribution in [1.82, 2.24) is 48.6 Å². The molecule has 0 radical (unpaired) electrons. The van der Waals surface area contributed by atoms with Crippen LogP contribution in [0.4, 0.5) is 19.0 Å². The molecular formula is C52H60F3N11O4. The number of hydrogen-bond acceptors (Lipinski definition) is 10. The first kappa shape index (κ1) is 47.3. The van der Waals surface area contributed by atoms with Crippen LogP contribution in [0.3, 0.4) is 0 Å². The van der Waals surface area contributed by atoms with E-state index in [2.05, 4.69) is 51.9 Å². The Morgan fingerprint density at radius 2 is 1.60 bits per heavy atom. The lowest BCUT2D eigenvalue weighted by Crippen LogP contribution is -2.59. The van der Waals surface area contributed by atoms with Crippen molar-refractivity contribution >= 4 is 45.6 Å². The van der Waals surface area contributed by atoms with Crippen molar-refractivity contribution in [3.8, 4) is 11.1 Å². The van der Waals surface area contributed by atoms with Crippen LogP contribution >= 0.6 is 0 Å². The van der Waals surface area contributed by atoms with Crippen LogP contribution in [0.5, 0.6) is 0 Å². The second-order valence-corrected chi connectivity index (χ2v) is 19.8. The number of carbonyl (C=O) groups excluding carboxylic acids is 3. The number of nitrogens with zero attached hydrogens (tertiary/aromatic N) is 9. The highest BCUT2D eigenvalue weighted by atomic mass is 19.4. The molecule has 0 bridgehead atoms. The second kappa shape index (κ2) is 19.1. The van der Waals surface area contributed by atoms with Crippen LogP contribution in [-0.2, 0) is 30.2 Å². The summed E-state index contributed by atoms with van der Waals surface area (Å²) in [6.45, 7) is 6.25. The number of benzene rings is 2. The summed E-state index contributed by atoms with van der Waals surface area (Å²) in [6, 6.07) is 19.2. The average molecular weight is 960 g/mol. The van der Waals surface area contributed by atoms with Crippen molar-refractivity contribution < 1.29 is 27.6 Å². The van der Waals surface area contributed by atoms with E-state index in [0.29, 0.717) is 67.4 Å². The summed E-state index contributed by atoms with van der Waals surface area (Å²) in [5.74, 6) is -0.0318. The van der Waals surface area contributed by atoms with E-state index in [0.717, 1.165) is 53.7 Å². The molecule has 4 aromatic heterocycles. The number of nitrogens with two attached hydrogens (primary N) is 1. The van der Waals surface area contributed by atoms with Crippen LogP contribution in [0.25, 0.3) is 33.2 Å². The van der Waals surface area contributed by atoms with E-state index in [1.54, 1.807) is 36.3 Å². The van der Waals surface area contributed by atoms with E-state index in [4.69, 9.17) is 10.7 Å². The van der Waals surface area contributed by atoms with Gasteiger partial charge in [0.2, 0.25) is 11.8 Å². The Hall–Kier alpha value is -6.37. The van der Waals surface area contributed by atoms with Crippen molar-refractivity contribution in [3.63, 3.8) is 0 Å². The Labute approximate surface area is 404 Å². The lowest BCUT2D eigenvalue weighted by Gasteiger charge is -2.44. The number of alkyl halides is 3. The molecule has 18 heteroatoms. The molecule has 10 rings (SSSR count). The fraction of sp³-hybridized carbons (Fsp3) is 0.462.